The lowest BCUT2D eigenvalue weighted by Crippen LogP contribution is -1.97. The summed E-state index contributed by atoms with van der Waals surface area (Å²) in [4.78, 5) is 10.2. The summed E-state index contributed by atoms with van der Waals surface area (Å²) < 4.78 is 4.82. The van der Waals surface area contributed by atoms with Crippen molar-refractivity contribution in [2.75, 3.05) is 6.61 Å². The fourth-order valence-electron chi connectivity index (χ4n) is 0.316. The van der Waals surface area contributed by atoms with Crippen LogP contribution in [0.4, 0.5) is 0 Å². The van der Waals surface area contributed by atoms with Crippen LogP contribution in [0.2, 0.25) is 0 Å². The quantitative estimate of drug-likeness (QED) is 0.539. The fraction of sp³-hybridized carbons (Fsp3) is 0.625. The van der Waals surface area contributed by atoms with Crippen molar-refractivity contribution in [3.63, 3.8) is 0 Å². The van der Waals surface area contributed by atoms with Gasteiger partial charge in [0.2, 0.25) is 5.78 Å². The van der Waals surface area contributed by atoms with Crippen LogP contribution in [0.3, 0.4) is 0 Å². The molecule has 0 aliphatic heterocycles. The molecular weight excluding hydrogens is 128 g/mol. The van der Waals surface area contributed by atoms with Crippen LogP contribution in [0.1, 0.15) is 20.8 Å². The molecule has 0 aromatic carbocycles. The van der Waals surface area contributed by atoms with Crippen molar-refractivity contribution >= 4 is 5.78 Å². The van der Waals surface area contributed by atoms with E-state index in [1.165, 1.54) is 6.92 Å². The van der Waals surface area contributed by atoms with Gasteiger partial charge in [-0.15, -0.1) is 0 Å². The minimum Gasteiger partial charge on any atom is -0.446 e. The van der Waals surface area contributed by atoms with Crippen molar-refractivity contribution in [1.29, 1.82) is 0 Å². The summed E-state index contributed by atoms with van der Waals surface area (Å²) in [6.45, 7) is 6.04. The van der Waals surface area contributed by atoms with Gasteiger partial charge in [-0.2, -0.15) is 0 Å². The van der Waals surface area contributed by atoms with Crippen LogP contribution in [0, 0.1) is 17.9 Å². The molecule has 0 aromatic heterocycles. The van der Waals surface area contributed by atoms with Gasteiger partial charge < -0.3 is 4.74 Å². The molecule has 0 saturated heterocycles. The molecule has 0 bridgehead atoms. The van der Waals surface area contributed by atoms with Crippen LogP contribution < -0.4 is 0 Å². The molecule has 0 amide bonds. The Morgan fingerprint density at radius 2 is 2.20 bits per heavy atom. The minimum absolute atomic E-state index is 0.163. The van der Waals surface area contributed by atoms with Gasteiger partial charge in [-0.3, -0.25) is 4.79 Å². The van der Waals surface area contributed by atoms with E-state index < -0.39 is 0 Å². The number of carbonyl (C=O) groups is 1. The number of rotatable bonds is 2. The normalized spacial score (nSPS) is 8.40. The Balaban J connectivity index is 3.38. The van der Waals surface area contributed by atoms with Gasteiger partial charge in [-0.1, -0.05) is 13.8 Å². The zero-order valence-electron chi connectivity index (χ0n) is 6.60. The average molecular weight is 140 g/mol. The largest absolute Gasteiger partial charge is 0.446 e. The van der Waals surface area contributed by atoms with Crippen LogP contribution in [0.5, 0.6) is 0 Å². The molecule has 0 fully saturated rings. The van der Waals surface area contributed by atoms with E-state index in [1.807, 2.05) is 13.8 Å². The van der Waals surface area contributed by atoms with Crippen molar-refractivity contribution in [3.8, 4) is 12.0 Å². The predicted molar refractivity (Wildman–Crippen MR) is 39.2 cm³/mol. The number of ketones is 1. The van der Waals surface area contributed by atoms with E-state index in [2.05, 4.69) is 12.0 Å². The summed E-state index contributed by atoms with van der Waals surface area (Å²) >= 11 is 0. The Morgan fingerprint density at radius 1 is 1.60 bits per heavy atom. The van der Waals surface area contributed by atoms with Crippen LogP contribution in [0.15, 0.2) is 0 Å². The third kappa shape index (κ3) is 7.03. The van der Waals surface area contributed by atoms with E-state index in [-0.39, 0.29) is 5.78 Å². The first kappa shape index (κ1) is 9.03. The van der Waals surface area contributed by atoms with E-state index in [9.17, 15) is 4.79 Å². The maximum Gasteiger partial charge on any atom is 0.205 e. The van der Waals surface area contributed by atoms with Crippen LogP contribution in [-0.4, -0.2) is 12.4 Å². The Hall–Kier alpha value is -0.970. The summed E-state index contributed by atoms with van der Waals surface area (Å²) in [5.41, 5.74) is 0. The summed E-state index contributed by atoms with van der Waals surface area (Å²) in [6.07, 6.45) is 2.32. The van der Waals surface area contributed by atoms with Crippen molar-refractivity contribution in [2.45, 2.75) is 20.8 Å². The smallest absolute Gasteiger partial charge is 0.205 e. The molecule has 0 saturated carbocycles. The predicted octanol–water partition coefficient (Wildman–Crippen LogP) is 1.21. The van der Waals surface area contributed by atoms with Gasteiger partial charge in [0, 0.05) is 12.8 Å². The van der Waals surface area contributed by atoms with Crippen molar-refractivity contribution in [2.24, 2.45) is 5.92 Å². The molecule has 0 atom stereocenters. The standard InChI is InChI=1S/C8H12O2/c1-7(2)6-10-5-4-8(3)9/h7H,6H2,1-3H3. The molecule has 0 radical (unpaired) electrons. The number of carbonyl (C=O) groups excluding carboxylic acids is 1. The zero-order chi connectivity index (χ0) is 7.98. The second-order valence-electron chi connectivity index (χ2n) is 2.49. The highest BCUT2D eigenvalue weighted by molar-refractivity contribution is 5.92. The molecule has 0 spiro atoms. The summed E-state index contributed by atoms with van der Waals surface area (Å²) in [5.74, 6) is 2.59. The maximum absolute atomic E-state index is 10.2. The number of hydrogen-bond donors (Lipinski definition) is 0. The molecule has 0 rings (SSSR count). The molecule has 2 heteroatoms. The molecule has 0 heterocycles. The molecule has 0 aliphatic carbocycles. The van der Waals surface area contributed by atoms with Gasteiger partial charge in [0.1, 0.15) is 12.7 Å². The monoisotopic (exact) mass is 140 g/mol. The Kier molecular flexibility index (Phi) is 4.39. The lowest BCUT2D eigenvalue weighted by atomic mass is 10.2. The van der Waals surface area contributed by atoms with Gasteiger partial charge in [0.05, 0.1) is 0 Å². The maximum atomic E-state index is 10.2. The van der Waals surface area contributed by atoms with Gasteiger partial charge in [-0.25, -0.2) is 0 Å². The number of Topliss-reactive ketones (excluding diaryl/α,β-unsaturated/α-hetero) is 1. The van der Waals surface area contributed by atoms with E-state index in [0.717, 1.165) is 0 Å². The highest BCUT2D eigenvalue weighted by Gasteiger charge is 1.89. The molecular formula is C8H12O2. The second-order valence-corrected chi connectivity index (χ2v) is 2.49. The SMILES string of the molecule is CC(=O)C#COCC(C)C. The highest BCUT2D eigenvalue weighted by atomic mass is 16.5. The Bertz CT molecular complexity index is 160. The number of hydrogen-bond acceptors (Lipinski definition) is 2. The molecule has 56 valence electrons. The van der Waals surface area contributed by atoms with E-state index >= 15 is 0 Å². The molecule has 0 unspecified atom stereocenters. The van der Waals surface area contributed by atoms with Crippen molar-refractivity contribution < 1.29 is 9.53 Å². The molecule has 2 nitrogen and oxygen atoms in total. The van der Waals surface area contributed by atoms with Gasteiger partial charge in [0.25, 0.3) is 0 Å². The van der Waals surface area contributed by atoms with Gasteiger partial charge >= 0.3 is 0 Å². The summed E-state index contributed by atoms with van der Waals surface area (Å²) in [6, 6.07) is 0. The average Bonchev–Trinajstić information content (AvgIpc) is 1.79. The zero-order valence-corrected chi connectivity index (χ0v) is 6.60. The van der Waals surface area contributed by atoms with Crippen LogP contribution in [-0.2, 0) is 9.53 Å². The molecule has 0 aliphatic rings. The minimum atomic E-state index is -0.163. The lowest BCUT2D eigenvalue weighted by molar-refractivity contribution is -0.111. The van der Waals surface area contributed by atoms with Gasteiger partial charge in [0.15, 0.2) is 0 Å². The Morgan fingerprint density at radius 3 is 2.60 bits per heavy atom. The third-order valence-electron chi connectivity index (χ3n) is 0.716. The number of ether oxygens (including phenoxy) is 1. The second kappa shape index (κ2) is 4.87. The van der Waals surface area contributed by atoms with E-state index in [4.69, 9.17) is 4.74 Å². The lowest BCUT2D eigenvalue weighted by Gasteiger charge is -1.98. The van der Waals surface area contributed by atoms with Crippen molar-refractivity contribution in [3.05, 3.63) is 0 Å². The molecule has 10 heavy (non-hydrogen) atoms. The van der Waals surface area contributed by atoms with E-state index in [0.29, 0.717) is 12.5 Å². The summed E-state index contributed by atoms with van der Waals surface area (Å²) in [5, 5.41) is 0. The topological polar surface area (TPSA) is 26.3 Å². The third-order valence-corrected chi connectivity index (χ3v) is 0.716. The van der Waals surface area contributed by atoms with Crippen molar-refractivity contribution in [1.82, 2.24) is 0 Å². The first-order valence-corrected chi connectivity index (χ1v) is 3.26. The van der Waals surface area contributed by atoms with Crippen LogP contribution >= 0.6 is 0 Å². The molecule has 0 N–H and O–H groups in total. The molecule has 0 aromatic rings. The van der Waals surface area contributed by atoms with Crippen LogP contribution in [0.25, 0.3) is 0 Å². The van der Waals surface area contributed by atoms with Gasteiger partial charge in [-0.05, 0) is 5.92 Å². The first-order chi connectivity index (χ1) is 4.63. The summed E-state index contributed by atoms with van der Waals surface area (Å²) in [7, 11) is 0. The highest BCUT2D eigenvalue weighted by Crippen LogP contribution is 1.89. The first-order valence-electron chi connectivity index (χ1n) is 3.26. The van der Waals surface area contributed by atoms with E-state index in [1.54, 1.807) is 0 Å². The Labute approximate surface area is 61.6 Å². The fourth-order valence-corrected chi connectivity index (χ4v) is 0.316.